The third-order valence-corrected chi connectivity index (χ3v) is 5.44. The third kappa shape index (κ3) is 5.60. The summed E-state index contributed by atoms with van der Waals surface area (Å²) in [5.74, 6) is 0. The largest absolute Gasteiger partial charge is 0.499 e. The maximum atomic E-state index is 5.90. The van der Waals surface area contributed by atoms with Gasteiger partial charge in [0.1, 0.15) is 6.26 Å². The molecule has 2 aromatic carbocycles. The molecular weight excluding hydrogens is 298 g/mol. The minimum atomic E-state index is -1.07. The van der Waals surface area contributed by atoms with Crippen molar-refractivity contribution in [3.8, 4) is 0 Å². The van der Waals surface area contributed by atoms with Crippen molar-refractivity contribution in [2.45, 2.75) is 25.7 Å². The lowest BCUT2D eigenvalue weighted by molar-refractivity contribution is 0.268. The second kappa shape index (κ2) is 8.02. The molecule has 0 aliphatic rings. The normalized spacial score (nSPS) is 12.1. The molecule has 2 nitrogen and oxygen atoms in total. The summed E-state index contributed by atoms with van der Waals surface area (Å²) in [6.45, 7) is 7.89. The molecule has 0 fully saturated rings. The highest BCUT2D eigenvalue weighted by atomic mass is 28.3. The summed E-state index contributed by atoms with van der Waals surface area (Å²) in [4.78, 5) is 2.17. The molecule has 0 unspecified atom stereocenters. The molecule has 0 saturated carbocycles. The molecule has 0 aliphatic carbocycles. The first-order chi connectivity index (χ1) is 11.0. The van der Waals surface area contributed by atoms with E-state index in [1.165, 1.54) is 6.04 Å². The molecule has 2 aromatic rings. The zero-order valence-corrected chi connectivity index (χ0v) is 15.6. The maximum Gasteiger partial charge on any atom is 0.107 e. The summed E-state index contributed by atoms with van der Waals surface area (Å²) in [6.07, 6.45) is 1.91. The van der Waals surface area contributed by atoms with E-state index in [1.807, 2.05) is 18.4 Å². The first-order valence-electron chi connectivity index (χ1n) is 8.13. The predicted octanol–water partition coefficient (Wildman–Crippen LogP) is 5.48. The van der Waals surface area contributed by atoms with Gasteiger partial charge in [-0.1, -0.05) is 68.2 Å². The lowest BCUT2D eigenvalue weighted by Gasteiger charge is -2.23. The quantitative estimate of drug-likeness (QED) is 0.380. The minimum Gasteiger partial charge on any atom is -0.499 e. The Balaban J connectivity index is 2.19. The van der Waals surface area contributed by atoms with Gasteiger partial charge in [-0.05, 0) is 18.2 Å². The Morgan fingerprint density at radius 1 is 0.957 bits per heavy atom. The molecule has 0 atom stereocenters. The van der Waals surface area contributed by atoms with Crippen LogP contribution >= 0.6 is 0 Å². The van der Waals surface area contributed by atoms with Crippen LogP contribution in [0.4, 0.5) is 5.69 Å². The zero-order valence-electron chi connectivity index (χ0n) is 14.6. The van der Waals surface area contributed by atoms with Crippen LogP contribution in [0.1, 0.15) is 5.56 Å². The fraction of sp³-hybridized carbons (Fsp3) is 0.300. The fourth-order valence-corrected chi connectivity index (χ4v) is 2.97. The highest BCUT2D eigenvalue weighted by molar-refractivity contribution is 6.76. The van der Waals surface area contributed by atoms with Crippen molar-refractivity contribution in [3.63, 3.8) is 0 Å². The van der Waals surface area contributed by atoms with Crippen molar-refractivity contribution in [2.24, 2.45) is 0 Å². The van der Waals surface area contributed by atoms with E-state index < -0.39 is 8.07 Å². The third-order valence-electron chi connectivity index (χ3n) is 3.74. The molecule has 0 amide bonds. The number of ether oxygens (including phenoxy) is 1. The predicted molar refractivity (Wildman–Crippen MR) is 103 cm³/mol. The van der Waals surface area contributed by atoms with Crippen molar-refractivity contribution in [1.29, 1.82) is 0 Å². The highest BCUT2D eigenvalue weighted by Gasteiger charge is 2.13. The Morgan fingerprint density at radius 3 is 2.09 bits per heavy atom. The molecule has 0 aliphatic heterocycles. The van der Waals surface area contributed by atoms with E-state index >= 15 is 0 Å². The first kappa shape index (κ1) is 17.4. The number of hydrogen-bond acceptors (Lipinski definition) is 2. The van der Waals surface area contributed by atoms with Crippen LogP contribution in [0, 0.1) is 0 Å². The summed E-state index contributed by atoms with van der Waals surface area (Å²) in [6, 6.07) is 21.9. The lowest BCUT2D eigenvalue weighted by atomic mass is 10.1. The van der Waals surface area contributed by atoms with Crippen LogP contribution in [-0.2, 0) is 4.74 Å². The van der Waals surface area contributed by atoms with Gasteiger partial charge in [-0.15, -0.1) is 0 Å². The molecule has 0 N–H and O–H groups in total. The van der Waals surface area contributed by atoms with Crippen molar-refractivity contribution in [1.82, 2.24) is 0 Å². The van der Waals surface area contributed by atoms with Crippen LogP contribution in [-0.4, -0.2) is 21.7 Å². The van der Waals surface area contributed by atoms with Gasteiger partial charge < -0.3 is 9.64 Å². The van der Waals surface area contributed by atoms with Crippen LogP contribution in [0.5, 0.6) is 0 Å². The van der Waals surface area contributed by atoms with Gasteiger partial charge in [0.15, 0.2) is 0 Å². The number of benzene rings is 2. The van der Waals surface area contributed by atoms with Crippen molar-refractivity contribution in [3.05, 3.63) is 72.5 Å². The zero-order chi connectivity index (χ0) is 16.7. The highest BCUT2D eigenvalue weighted by Crippen LogP contribution is 2.24. The molecule has 0 bridgehead atoms. The van der Waals surface area contributed by atoms with E-state index in [-0.39, 0.29) is 0 Å². The Morgan fingerprint density at radius 2 is 1.52 bits per heavy atom. The van der Waals surface area contributed by atoms with E-state index in [2.05, 4.69) is 80.1 Å². The smallest absolute Gasteiger partial charge is 0.107 e. The number of para-hydroxylation sites is 1. The minimum absolute atomic E-state index is 0.786. The lowest BCUT2D eigenvalue weighted by Crippen LogP contribution is -2.21. The standard InChI is InChI=1S/C20H27NOSi/c1-21(19-13-9-6-10-14-19)20(18-11-7-5-8-12-18)17-22-15-16-23(2,3)4/h5-14,17H,15-16H2,1-4H3/b20-17+. The van der Waals surface area contributed by atoms with Gasteiger partial charge >= 0.3 is 0 Å². The first-order valence-corrected chi connectivity index (χ1v) is 11.8. The van der Waals surface area contributed by atoms with Crippen molar-refractivity contribution in [2.75, 3.05) is 18.6 Å². The number of nitrogens with zero attached hydrogens (tertiary/aromatic N) is 1. The summed E-state index contributed by atoms with van der Waals surface area (Å²) < 4.78 is 5.90. The van der Waals surface area contributed by atoms with Crippen LogP contribution in [0.2, 0.25) is 25.7 Å². The second-order valence-electron chi connectivity index (χ2n) is 6.95. The SMILES string of the molecule is CN(/C(=C/OCC[Si](C)(C)C)c1ccccc1)c1ccccc1. The van der Waals surface area contributed by atoms with E-state index in [0.29, 0.717) is 0 Å². The maximum absolute atomic E-state index is 5.90. The van der Waals surface area contributed by atoms with Gasteiger partial charge in [-0.3, -0.25) is 0 Å². The summed E-state index contributed by atoms with van der Waals surface area (Å²) in [5, 5.41) is 0. The van der Waals surface area contributed by atoms with E-state index in [4.69, 9.17) is 4.74 Å². The van der Waals surface area contributed by atoms with Crippen molar-refractivity contribution < 1.29 is 4.74 Å². The number of rotatable bonds is 7. The van der Waals surface area contributed by atoms with E-state index in [0.717, 1.165) is 23.6 Å². The average molecular weight is 326 g/mol. The van der Waals surface area contributed by atoms with Crippen LogP contribution in [0.25, 0.3) is 5.70 Å². The molecular formula is C20H27NOSi. The second-order valence-corrected chi connectivity index (χ2v) is 12.6. The summed E-state index contributed by atoms with van der Waals surface area (Å²) >= 11 is 0. The summed E-state index contributed by atoms with van der Waals surface area (Å²) in [7, 11) is 1.01. The topological polar surface area (TPSA) is 12.5 Å². The molecule has 23 heavy (non-hydrogen) atoms. The Hall–Kier alpha value is -2.00. The molecule has 0 aromatic heterocycles. The van der Waals surface area contributed by atoms with Crippen LogP contribution in [0.3, 0.4) is 0 Å². The van der Waals surface area contributed by atoms with Gasteiger partial charge in [-0.25, -0.2) is 0 Å². The summed E-state index contributed by atoms with van der Waals surface area (Å²) in [5.41, 5.74) is 3.38. The molecule has 2 rings (SSSR count). The molecule has 122 valence electrons. The Labute approximate surface area is 141 Å². The monoisotopic (exact) mass is 325 g/mol. The molecule has 0 heterocycles. The van der Waals surface area contributed by atoms with Crippen LogP contribution in [0.15, 0.2) is 66.9 Å². The molecule has 0 saturated heterocycles. The Kier molecular flexibility index (Phi) is 6.05. The van der Waals surface area contributed by atoms with Gasteiger partial charge in [-0.2, -0.15) is 0 Å². The number of hydrogen-bond donors (Lipinski definition) is 0. The van der Waals surface area contributed by atoms with Crippen LogP contribution < -0.4 is 4.90 Å². The average Bonchev–Trinajstić information content (AvgIpc) is 2.55. The van der Waals surface area contributed by atoms with E-state index in [9.17, 15) is 0 Å². The number of anilines is 1. The van der Waals surface area contributed by atoms with Crippen molar-refractivity contribution >= 4 is 19.5 Å². The van der Waals surface area contributed by atoms with E-state index in [1.54, 1.807) is 0 Å². The Bertz CT molecular complexity index is 617. The molecule has 0 radical (unpaired) electrons. The van der Waals surface area contributed by atoms with Gasteiger partial charge in [0.05, 0.1) is 12.3 Å². The van der Waals surface area contributed by atoms with Gasteiger partial charge in [0.25, 0.3) is 0 Å². The molecule has 3 heteroatoms. The molecule has 0 spiro atoms. The van der Waals surface area contributed by atoms with Gasteiger partial charge in [0.2, 0.25) is 0 Å². The van der Waals surface area contributed by atoms with Gasteiger partial charge in [0, 0.05) is 26.4 Å². The fourth-order valence-electron chi connectivity index (χ4n) is 2.24.